The molecule has 24 heavy (non-hydrogen) atoms. The maximum Gasteiger partial charge on any atom is 0.260 e. The van der Waals surface area contributed by atoms with Gasteiger partial charge in [0.15, 0.2) is 0 Å². The number of fused-ring (bicyclic) bond motifs is 4. The van der Waals surface area contributed by atoms with E-state index in [-0.39, 0.29) is 18.1 Å². The van der Waals surface area contributed by atoms with Gasteiger partial charge in [-0.15, -0.1) is 0 Å². The first kappa shape index (κ1) is 13.7. The molecule has 2 aliphatic heterocycles. The molecule has 0 N–H and O–H groups in total. The van der Waals surface area contributed by atoms with E-state index in [0.717, 1.165) is 34.1 Å². The lowest BCUT2D eigenvalue weighted by Crippen LogP contribution is -2.47. The molecule has 1 fully saturated rings. The number of rotatable bonds is 1. The summed E-state index contributed by atoms with van der Waals surface area (Å²) in [5.74, 6) is 0.213. The van der Waals surface area contributed by atoms with E-state index in [0.29, 0.717) is 6.61 Å². The van der Waals surface area contributed by atoms with Crippen LogP contribution in [0.15, 0.2) is 60.8 Å². The van der Waals surface area contributed by atoms with Crippen molar-refractivity contribution >= 4 is 22.5 Å². The van der Waals surface area contributed by atoms with Crippen LogP contribution in [0.25, 0.3) is 10.9 Å². The average molecular weight is 316 g/mol. The van der Waals surface area contributed by atoms with Crippen molar-refractivity contribution in [1.29, 1.82) is 0 Å². The van der Waals surface area contributed by atoms with Crippen LogP contribution in [0.2, 0.25) is 0 Å². The van der Waals surface area contributed by atoms with Gasteiger partial charge in [-0.3, -0.25) is 14.7 Å². The number of anilines is 1. The van der Waals surface area contributed by atoms with Crippen LogP contribution in [-0.4, -0.2) is 23.7 Å². The molecule has 3 aromatic rings. The highest BCUT2D eigenvalue weighted by molar-refractivity contribution is 6.12. The molecule has 3 heterocycles. The number of hydrogen-bond donors (Lipinski definition) is 0. The van der Waals surface area contributed by atoms with E-state index >= 15 is 0 Å². The predicted octanol–water partition coefficient (Wildman–Crippen LogP) is 3.73. The molecule has 0 saturated carbocycles. The zero-order chi connectivity index (χ0) is 16.1. The summed E-state index contributed by atoms with van der Waals surface area (Å²) in [5.41, 5.74) is 3.54. The van der Waals surface area contributed by atoms with Crippen molar-refractivity contribution < 1.29 is 9.53 Å². The summed E-state index contributed by atoms with van der Waals surface area (Å²) in [6, 6.07) is 17.8. The third-order valence-corrected chi connectivity index (χ3v) is 5.00. The van der Waals surface area contributed by atoms with Gasteiger partial charge in [-0.1, -0.05) is 36.4 Å². The molecule has 0 bridgehead atoms. The molecule has 1 aromatic heterocycles. The van der Waals surface area contributed by atoms with Crippen LogP contribution in [0.3, 0.4) is 0 Å². The second-order valence-electron chi connectivity index (χ2n) is 6.27. The molecule has 0 unspecified atom stereocenters. The lowest BCUT2D eigenvalue weighted by atomic mass is 9.86. The summed E-state index contributed by atoms with van der Waals surface area (Å²) >= 11 is 0. The van der Waals surface area contributed by atoms with Crippen LogP contribution < -0.4 is 4.90 Å². The number of carbonyl (C=O) groups excluding carboxylic acids is 1. The number of benzene rings is 2. The van der Waals surface area contributed by atoms with Gasteiger partial charge >= 0.3 is 0 Å². The third kappa shape index (κ3) is 1.83. The topological polar surface area (TPSA) is 42.4 Å². The van der Waals surface area contributed by atoms with Gasteiger partial charge < -0.3 is 4.74 Å². The number of nitrogens with zero attached hydrogens (tertiary/aromatic N) is 2. The summed E-state index contributed by atoms with van der Waals surface area (Å²) in [6.07, 6.45) is 2.45. The van der Waals surface area contributed by atoms with Crippen molar-refractivity contribution in [2.24, 2.45) is 0 Å². The molecule has 2 aliphatic rings. The van der Waals surface area contributed by atoms with Crippen molar-refractivity contribution in [2.75, 3.05) is 11.5 Å². The van der Waals surface area contributed by atoms with E-state index in [1.165, 1.54) is 0 Å². The Balaban J connectivity index is 1.74. The summed E-state index contributed by atoms with van der Waals surface area (Å²) in [4.78, 5) is 19.5. The van der Waals surface area contributed by atoms with Crippen LogP contribution in [0.5, 0.6) is 0 Å². The Kier molecular flexibility index (Phi) is 2.94. The first-order valence-electron chi connectivity index (χ1n) is 8.22. The van der Waals surface area contributed by atoms with Gasteiger partial charge in [-0.2, -0.15) is 0 Å². The SMILES string of the molecule is O=C1c2ccccc2[C@@H]2CCO[C@@H]2N1c1cccc2cccnc12. The van der Waals surface area contributed by atoms with Crippen molar-refractivity contribution in [2.45, 2.75) is 18.6 Å². The van der Waals surface area contributed by atoms with Crippen LogP contribution >= 0.6 is 0 Å². The maximum atomic E-state index is 13.2. The van der Waals surface area contributed by atoms with Crippen molar-refractivity contribution in [1.82, 2.24) is 4.98 Å². The maximum absolute atomic E-state index is 13.2. The van der Waals surface area contributed by atoms with Crippen LogP contribution in [0.4, 0.5) is 5.69 Å². The quantitative estimate of drug-likeness (QED) is 0.687. The van der Waals surface area contributed by atoms with Gasteiger partial charge in [0, 0.05) is 29.7 Å². The standard InChI is InChI=1S/C20H16N2O2/c23-19-15-8-2-1-7-14(15)16-10-12-24-20(16)22(19)17-9-3-5-13-6-4-11-21-18(13)17/h1-9,11,16,20H,10,12H2/t16-,20-/m0/s1. The number of hydrogen-bond acceptors (Lipinski definition) is 3. The number of amides is 1. The Hall–Kier alpha value is -2.72. The number of aromatic nitrogens is 1. The normalized spacial score (nSPS) is 22.5. The Morgan fingerprint density at radius 1 is 1.04 bits per heavy atom. The fraction of sp³-hybridized carbons (Fsp3) is 0.200. The average Bonchev–Trinajstić information content (AvgIpc) is 3.12. The van der Waals surface area contributed by atoms with Gasteiger partial charge in [0.1, 0.15) is 6.23 Å². The van der Waals surface area contributed by atoms with Crippen molar-refractivity contribution in [3.05, 3.63) is 71.9 Å². The first-order valence-corrected chi connectivity index (χ1v) is 8.22. The molecule has 1 amide bonds. The molecule has 1 saturated heterocycles. The molecule has 0 spiro atoms. The Morgan fingerprint density at radius 2 is 1.92 bits per heavy atom. The zero-order valence-electron chi connectivity index (χ0n) is 13.1. The minimum atomic E-state index is -0.250. The van der Waals surface area contributed by atoms with Crippen LogP contribution in [0.1, 0.15) is 28.3 Å². The lowest BCUT2D eigenvalue weighted by Gasteiger charge is -2.37. The summed E-state index contributed by atoms with van der Waals surface area (Å²) in [6.45, 7) is 0.672. The molecular formula is C20H16N2O2. The fourth-order valence-electron chi connectivity index (χ4n) is 3.93. The molecule has 118 valence electrons. The highest BCUT2D eigenvalue weighted by atomic mass is 16.5. The summed E-state index contributed by atoms with van der Waals surface area (Å²) in [5, 5.41) is 1.02. The highest BCUT2D eigenvalue weighted by Crippen LogP contribution is 2.43. The summed E-state index contributed by atoms with van der Waals surface area (Å²) in [7, 11) is 0. The van der Waals surface area contributed by atoms with Gasteiger partial charge in [0.05, 0.1) is 11.2 Å². The number of para-hydroxylation sites is 1. The molecule has 0 aliphatic carbocycles. The van der Waals surface area contributed by atoms with Gasteiger partial charge in [0.25, 0.3) is 5.91 Å². The molecule has 0 radical (unpaired) electrons. The zero-order valence-corrected chi connectivity index (χ0v) is 13.1. The molecule has 2 atom stereocenters. The second kappa shape index (κ2) is 5.14. The Labute approximate surface area is 139 Å². The molecular weight excluding hydrogens is 300 g/mol. The number of carbonyl (C=O) groups is 1. The lowest BCUT2D eigenvalue weighted by molar-refractivity contribution is 0.0722. The minimum absolute atomic E-state index is 0.00750. The minimum Gasteiger partial charge on any atom is -0.357 e. The monoisotopic (exact) mass is 316 g/mol. The summed E-state index contributed by atoms with van der Waals surface area (Å²) < 4.78 is 5.98. The van der Waals surface area contributed by atoms with Gasteiger partial charge in [-0.05, 0) is 30.2 Å². The third-order valence-electron chi connectivity index (χ3n) is 5.00. The van der Waals surface area contributed by atoms with E-state index in [1.54, 1.807) is 11.1 Å². The second-order valence-corrected chi connectivity index (χ2v) is 6.27. The van der Waals surface area contributed by atoms with Crippen LogP contribution in [0, 0.1) is 0 Å². The van der Waals surface area contributed by atoms with Crippen molar-refractivity contribution in [3.8, 4) is 0 Å². The van der Waals surface area contributed by atoms with Crippen LogP contribution in [-0.2, 0) is 4.74 Å². The number of ether oxygens (including phenoxy) is 1. The van der Waals surface area contributed by atoms with E-state index in [9.17, 15) is 4.79 Å². The molecule has 5 rings (SSSR count). The van der Waals surface area contributed by atoms with E-state index in [1.807, 2.05) is 48.5 Å². The first-order chi connectivity index (χ1) is 11.8. The Morgan fingerprint density at radius 3 is 2.88 bits per heavy atom. The van der Waals surface area contributed by atoms with Crippen molar-refractivity contribution in [3.63, 3.8) is 0 Å². The number of pyridine rings is 1. The van der Waals surface area contributed by atoms with E-state index in [2.05, 4.69) is 11.1 Å². The smallest absolute Gasteiger partial charge is 0.260 e. The molecule has 4 heteroatoms. The highest BCUT2D eigenvalue weighted by Gasteiger charge is 2.44. The molecule has 4 nitrogen and oxygen atoms in total. The Bertz CT molecular complexity index is 948. The van der Waals surface area contributed by atoms with Gasteiger partial charge in [0.2, 0.25) is 0 Å². The fourth-order valence-corrected chi connectivity index (χ4v) is 3.93. The molecule has 2 aromatic carbocycles. The predicted molar refractivity (Wildman–Crippen MR) is 92.1 cm³/mol. The van der Waals surface area contributed by atoms with E-state index < -0.39 is 0 Å². The largest absolute Gasteiger partial charge is 0.357 e. The van der Waals surface area contributed by atoms with E-state index in [4.69, 9.17) is 4.74 Å². The van der Waals surface area contributed by atoms with Gasteiger partial charge in [-0.25, -0.2) is 0 Å².